The van der Waals surface area contributed by atoms with Gasteiger partial charge >= 0.3 is 0 Å². The smallest absolute Gasteiger partial charge is 0.257 e. The number of rotatable bonds is 5. The van der Waals surface area contributed by atoms with Gasteiger partial charge in [-0.15, -0.1) is 0 Å². The van der Waals surface area contributed by atoms with Gasteiger partial charge in [0, 0.05) is 16.8 Å². The highest BCUT2D eigenvalue weighted by Gasteiger charge is 2.11. The highest BCUT2D eigenvalue weighted by Crippen LogP contribution is 2.27. The van der Waals surface area contributed by atoms with Gasteiger partial charge in [-0.3, -0.25) is 10.1 Å². The minimum atomic E-state index is -0.259. The Bertz CT molecular complexity index is 1020. The minimum absolute atomic E-state index is 0.148. The van der Waals surface area contributed by atoms with Gasteiger partial charge in [0.2, 0.25) is 0 Å². The Morgan fingerprint density at radius 2 is 1.83 bits per heavy atom. The van der Waals surface area contributed by atoms with Crippen LogP contribution in [0.4, 0.5) is 5.69 Å². The molecule has 29 heavy (non-hydrogen) atoms. The van der Waals surface area contributed by atoms with Crippen LogP contribution >= 0.6 is 12.2 Å². The molecular weight excluding hydrogens is 384 g/mol. The molecule has 0 saturated carbocycles. The Balaban J connectivity index is 1.69. The van der Waals surface area contributed by atoms with E-state index in [1.165, 1.54) is 5.56 Å². The molecular formula is C23H24N2O3S. The Kier molecular flexibility index (Phi) is 6.46. The fourth-order valence-electron chi connectivity index (χ4n) is 2.88. The Labute approximate surface area is 175 Å². The molecule has 5 nitrogen and oxygen atoms in total. The number of furan rings is 1. The first kappa shape index (κ1) is 20.8. The van der Waals surface area contributed by atoms with Crippen LogP contribution in [0.1, 0.15) is 47.0 Å². The largest absolute Gasteiger partial charge is 0.459 e. The molecule has 0 atom stereocenters. The summed E-state index contributed by atoms with van der Waals surface area (Å²) in [6.07, 6.45) is 0. The number of hydrogen-bond donors (Lipinski definition) is 3. The fraction of sp³-hybridized carbons (Fsp3) is 0.217. The zero-order valence-electron chi connectivity index (χ0n) is 16.7. The van der Waals surface area contributed by atoms with Crippen LogP contribution in [0.25, 0.3) is 11.3 Å². The fourth-order valence-corrected chi connectivity index (χ4v) is 3.08. The number of hydrogen-bond acceptors (Lipinski definition) is 4. The van der Waals surface area contributed by atoms with E-state index in [-0.39, 0.29) is 17.6 Å². The van der Waals surface area contributed by atoms with E-state index in [9.17, 15) is 9.90 Å². The summed E-state index contributed by atoms with van der Waals surface area (Å²) < 4.78 is 5.59. The number of benzene rings is 2. The van der Waals surface area contributed by atoms with Crippen molar-refractivity contribution in [2.24, 2.45) is 0 Å². The Hall–Kier alpha value is -2.96. The summed E-state index contributed by atoms with van der Waals surface area (Å²) in [5.74, 6) is 1.30. The van der Waals surface area contributed by atoms with E-state index >= 15 is 0 Å². The van der Waals surface area contributed by atoms with Gasteiger partial charge in [-0.25, -0.2) is 0 Å². The summed E-state index contributed by atoms with van der Waals surface area (Å²) in [4.78, 5) is 12.5. The zero-order valence-corrected chi connectivity index (χ0v) is 17.5. The van der Waals surface area contributed by atoms with Crippen molar-refractivity contribution < 1.29 is 14.3 Å². The summed E-state index contributed by atoms with van der Waals surface area (Å²) in [5, 5.41) is 15.2. The highest BCUT2D eigenvalue weighted by atomic mass is 32.1. The molecule has 0 bridgehead atoms. The molecule has 1 aromatic heterocycles. The molecule has 0 aliphatic carbocycles. The first-order valence-electron chi connectivity index (χ1n) is 9.40. The molecule has 0 aliphatic heterocycles. The maximum absolute atomic E-state index is 12.5. The van der Waals surface area contributed by atoms with Crippen molar-refractivity contribution in [3.8, 4) is 11.3 Å². The van der Waals surface area contributed by atoms with E-state index in [1.807, 2.05) is 37.3 Å². The molecule has 3 aromatic rings. The number of thiocarbonyl (C=S) groups is 1. The molecule has 0 radical (unpaired) electrons. The van der Waals surface area contributed by atoms with Gasteiger partial charge in [0.25, 0.3) is 5.91 Å². The quantitative estimate of drug-likeness (QED) is 0.518. The van der Waals surface area contributed by atoms with Gasteiger partial charge in [0.15, 0.2) is 5.11 Å². The summed E-state index contributed by atoms with van der Waals surface area (Å²) >= 11 is 5.32. The third kappa shape index (κ3) is 5.10. The second-order valence-electron chi connectivity index (χ2n) is 7.14. The predicted molar refractivity (Wildman–Crippen MR) is 119 cm³/mol. The minimum Gasteiger partial charge on any atom is -0.459 e. The summed E-state index contributed by atoms with van der Waals surface area (Å²) in [6.45, 7) is 6.02. The molecule has 0 fully saturated rings. The SMILES string of the molecule is Cc1ccc(-c2ccc(CO)o2)cc1NC(=S)NC(=O)c1ccc(C(C)C)cc1. The topological polar surface area (TPSA) is 74.5 Å². The molecule has 0 saturated heterocycles. The molecule has 1 heterocycles. The van der Waals surface area contributed by atoms with Crippen LogP contribution in [0.3, 0.4) is 0 Å². The number of nitrogens with one attached hydrogen (secondary N) is 2. The third-order valence-corrected chi connectivity index (χ3v) is 4.86. The van der Waals surface area contributed by atoms with Crippen LogP contribution in [0, 0.1) is 6.92 Å². The predicted octanol–water partition coefficient (Wildman–Crippen LogP) is 5.00. The first-order valence-corrected chi connectivity index (χ1v) is 9.81. The number of aliphatic hydroxyl groups excluding tert-OH is 1. The molecule has 1 amide bonds. The van der Waals surface area contributed by atoms with E-state index in [1.54, 1.807) is 24.3 Å². The number of carbonyl (C=O) groups excluding carboxylic acids is 1. The maximum atomic E-state index is 12.5. The Morgan fingerprint density at radius 3 is 2.45 bits per heavy atom. The van der Waals surface area contributed by atoms with Gasteiger partial charge in [-0.1, -0.05) is 38.1 Å². The highest BCUT2D eigenvalue weighted by molar-refractivity contribution is 7.80. The van der Waals surface area contributed by atoms with Crippen molar-refractivity contribution in [3.05, 3.63) is 77.0 Å². The van der Waals surface area contributed by atoms with Crippen LogP contribution < -0.4 is 10.6 Å². The zero-order chi connectivity index (χ0) is 21.0. The third-order valence-electron chi connectivity index (χ3n) is 4.65. The van der Waals surface area contributed by atoms with E-state index < -0.39 is 0 Å². The van der Waals surface area contributed by atoms with Gasteiger partial charge < -0.3 is 14.8 Å². The van der Waals surface area contributed by atoms with E-state index in [4.69, 9.17) is 16.6 Å². The van der Waals surface area contributed by atoms with Crippen molar-refractivity contribution in [2.75, 3.05) is 5.32 Å². The maximum Gasteiger partial charge on any atom is 0.257 e. The lowest BCUT2D eigenvalue weighted by molar-refractivity contribution is 0.0977. The summed E-state index contributed by atoms with van der Waals surface area (Å²) in [7, 11) is 0. The molecule has 2 aromatic carbocycles. The lowest BCUT2D eigenvalue weighted by Crippen LogP contribution is -2.34. The number of aliphatic hydroxyl groups is 1. The van der Waals surface area contributed by atoms with Gasteiger partial charge in [0.1, 0.15) is 18.1 Å². The van der Waals surface area contributed by atoms with Crippen LogP contribution in [0.2, 0.25) is 0 Å². The lowest BCUT2D eigenvalue weighted by atomic mass is 10.0. The van der Waals surface area contributed by atoms with Crippen LogP contribution in [0.5, 0.6) is 0 Å². The van der Waals surface area contributed by atoms with Crippen molar-refractivity contribution in [2.45, 2.75) is 33.3 Å². The molecule has 0 spiro atoms. The van der Waals surface area contributed by atoms with Crippen LogP contribution in [-0.4, -0.2) is 16.1 Å². The van der Waals surface area contributed by atoms with Crippen LogP contribution in [-0.2, 0) is 6.61 Å². The number of carbonyl (C=O) groups is 1. The van der Waals surface area contributed by atoms with Crippen molar-refractivity contribution in [1.82, 2.24) is 5.32 Å². The summed E-state index contributed by atoms with van der Waals surface area (Å²) in [5.41, 5.74) is 4.31. The van der Waals surface area contributed by atoms with E-state index in [0.717, 1.165) is 16.8 Å². The molecule has 3 rings (SSSR count). The summed E-state index contributed by atoms with van der Waals surface area (Å²) in [6, 6.07) is 16.8. The lowest BCUT2D eigenvalue weighted by Gasteiger charge is -2.13. The van der Waals surface area contributed by atoms with Crippen molar-refractivity contribution in [1.29, 1.82) is 0 Å². The van der Waals surface area contributed by atoms with Crippen molar-refractivity contribution in [3.63, 3.8) is 0 Å². The van der Waals surface area contributed by atoms with Gasteiger partial charge in [0.05, 0.1) is 0 Å². The molecule has 0 unspecified atom stereocenters. The standard InChI is InChI=1S/C23H24N2O3S/c1-14(2)16-6-8-17(9-7-16)22(27)25-23(29)24-20-12-18(5-4-15(20)3)21-11-10-19(13-26)28-21/h4-12,14,26H,13H2,1-3H3,(H2,24,25,27,29). The number of amides is 1. The molecule has 0 aliphatic rings. The second kappa shape index (κ2) is 9.03. The number of anilines is 1. The van der Waals surface area contributed by atoms with Crippen molar-refractivity contribution >= 4 is 28.9 Å². The van der Waals surface area contributed by atoms with Gasteiger partial charge in [-0.2, -0.15) is 0 Å². The molecule has 6 heteroatoms. The second-order valence-corrected chi connectivity index (χ2v) is 7.55. The van der Waals surface area contributed by atoms with Gasteiger partial charge in [-0.05, 0) is 66.5 Å². The van der Waals surface area contributed by atoms with Crippen LogP contribution in [0.15, 0.2) is 59.0 Å². The molecule has 150 valence electrons. The molecule has 3 N–H and O–H groups in total. The monoisotopic (exact) mass is 408 g/mol. The normalized spacial score (nSPS) is 10.8. The number of aryl methyl sites for hydroxylation is 1. The van der Waals surface area contributed by atoms with E-state index in [0.29, 0.717) is 23.0 Å². The average Bonchev–Trinajstić information content (AvgIpc) is 3.19. The average molecular weight is 409 g/mol. The first-order chi connectivity index (χ1) is 13.9. The Morgan fingerprint density at radius 1 is 1.10 bits per heavy atom. The van der Waals surface area contributed by atoms with E-state index in [2.05, 4.69) is 24.5 Å².